The molecule has 0 unspecified atom stereocenters. The molecule has 3 rings (SSSR count). The molecule has 122 valence electrons. The van der Waals surface area contributed by atoms with Gasteiger partial charge in [-0.2, -0.15) is 0 Å². The molecule has 2 nitrogen and oxygen atoms in total. The Labute approximate surface area is 151 Å². The second kappa shape index (κ2) is 6.96. The molecule has 4 heteroatoms. The highest BCUT2D eigenvalue weighted by atomic mass is 35.5. The largest absolute Gasteiger partial charge is 0.293 e. The predicted octanol–water partition coefficient (Wildman–Crippen LogP) is 5.79. The maximum Gasteiger partial charge on any atom is 0.173 e. The van der Waals surface area contributed by atoms with E-state index in [1.807, 2.05) is 6.92 Å². The number of ketones is 1. The zero-order chi connectivity index (χ0) is 17.3. The minimum atomic E-state index is 0.0823. The third kappa shape index (κ3) is 3.47. The van der Waals surface area contributed by atoms with Crippen LogP contribution in [-0.2, 0) is 0 Å². The lowest BCUT2D eigenvalue weighted by molar-refractivity contribution is 0.102. The third-order valence-corrected chi connectivity index (χ3v) is 5.51. The summed E-state index contributed by atoms with van der Waals surface area (Å²) in [4.78, 5) is 17.1. The van der Waals surface area contributed by atoms with E-state index in [1.165, 1.54) is 22.9 Å². The van der Waals surface area contributed by atoms with E-state index in [9.17, 15) is 4.79 Å². The van der Waals surface area contributed by atoms with Crippen LogP contribution in [0, 0.1) is 20.8 Å². The first-order chi connectivity index (χ1) is 11.5. The summed E-state index contributed by atoms with van der Waals surface area (Å²) in [6.07, 6.45) is 0. The van der Waals surface area contributed by atoms with Crippen LogP contribution in [0.2, 0.25) is 5.02 Å². The predicted molar refractivity (Wildman–Crippen MR) is 102 cm³/mol. The number of aromatic nitrogens is 1. The maximum atomic E-state index is 12.3. The van der Waals surface area contributed by atoms with Gasteiger partial charge in [0.2, 0.25) is 0 Å². The molecule has 3 aromatic rings. The summed E-state index contributed by atoms with van der Waals surface area (Å²) in [5, 5.41) is 2.69. The van der Waals surface area contributed by atoms with Crippen LogP contribution in [-0.4, -0.2) is 16.5 Å². The van der Waals surface area contributed by atoms with Crippen LogP contribution in [0.15, 0.2) is 47.5 Å². The fourth-order valence-electron chi connectivity index (χ4n) is 2.57. The topological polar surface area (TPSA) is 30.0 Å². The first-order valence-electron chi connectivity index (χ1n) is 7.75. The lowest BCUT2D eigenvalue weighted by Crippen LogP contribution is -2.03. The number of aryl methyl sites for hydroxylation is 3. The molecule has 24 heavy (non-hydrogen) atoms. The number of hydrogen-bond acceptors (Lipinski definition) is 3. The minimum Gasteiger partial charge on any atom is -0.293 e. The summed E-state index contributed by atoms with van der Waals surface area (Å²) in [7, 11) is 0. The van der Waals surface area contributed by atoms with Gasteiger partial charge in [-0.3, -0.25) is 4.79 Å². The third-order valence-electron chi connectivity index (χ3n) is 4.16. The van der Waals surface area contributed by atoms with Gasteiger partial charge < -0.3 is 0 Å². The molecule has 1 heterocycles. The number of halogens is 1. The van der Waals surface area contributed by atoms with Crippen LogP contribution in [0.25, 0.3) is 10.9 Å². The molecule has 0 N–H and O–H groups in total. The average molecular weight is 356 g/mol. The second-order valence-electron chi connectivity index (χ2n) is 5.91. The lowest BCUT2D eigenvalue weighted by Gasteiger charge is -2.10. The molecule has 0 saturated carbocycles. The summed E-state index contributed by atoms with van der Waals surface area (Å²) in [6.45, 7) is 6.22. The number of thioether (sulfide) groups is 1. The Balaban J connectivity index is 1.84. The number of benzene rings is 2. The highest BCUT2D eigenvalue weighted by molar-refractivity contribution is 8.00. The molecule has 0 amide bonds. The van der Waals surface area contributed by atoms with E-state index in [-0.39, 0.29) is 5.78 Å². The lowest BCUT2D eigenvalue weighted by atomic mass is 10.0. The molecule has 0 bridgehead atoms. The van der Waals surface area contributed by atoms with E-state index >= 15 is 0 Å². The molecule has 0 spiro atoms. The summed E-state index contributed by atoms with van der Waals surface area (Å²) in [6, 6.07) is 13.4. The number of carbonyl (C=O) groups excluding carboxylic acids is 1. The summed E-state index contributed by atoms with van der Waals surface area (Å²) in [5.74, 6) is 0.449. The van der Waals surface area contributed by atoms with E-state index < -0.39 is 0 Å². The van der Waals surface area contributed by atoms with Gasteiger partial charge >= 0.3 is 0 Å². The van der Waals surface area contributed by atoms with Gasteiger partial charge in [-0.1, -0.05) is 35.5 Å². The minimum absolute atomic E-state index is 0.0823. The zero-order valence-corrected chi connectivity index (χ0v) is 15.5. The van der Waals surface area contributed by atoms with E-state index in [0.717, 1.165) is 21.5 Å². The zero-order valence-electron chi connectivity index (χ0n) is 13.9. The number of rotatable bonds is 4. The number of Topliss-reactive ketones (excluding diaryl/α,β-unsaturated/α-hetero) is 1. The van der Waals surface area contributed by atoms with Crippen molar-refractivity contribution in [3.63, 3.8) is 0 Å². The van der Waals surface area contributed by atoms with Crippen LogP contribution in [0.4, 0.5) is 0 Å². The Morgan fingerprint density at radius 3 is 2.46 bits per heavy atom. The van der Waals surface area contributed by atoms with Gasteiger partial charge in [0, 0.05) is 16.0 Å². The second-order valence-corrected chi connectivity index (χ2v) is 7.31. The highest BCUT2D eigenvalue weighted by Gasteiger charge is 2.11. The van der Waals surface area contributed by atoms with Gasteiger partial charge in [0.05, 0.1) is 11.3 Å². The quantitative estimate of drug-likeness (QED) is 0.438. The first kappa shape index (κ1) is 17.0. The Bertz CT molecular complexity index is 919. The fraction of sp³-hybridized carbons (Fsp3) is 0.200. The molecule has 1 aromatic heterocycles. The Kier molecular flexibility index (Phi) is 4.93. The van der Waals surface area contributed by atoms with E-state index in [1.54, 1.807) is 24.3 Å². The number of pyridine rings is 1. The molecule has 0 aliphatic rings. The summed E-state index contributed by atoms with van der Waals surface area (Å²) >= 11 is 7.36. The molecular weight excluding hydrogens is 338 g/mol. The molecule has 0 aliphatic carbocycles. The monoisotopic (exact) mass is 355 g/mol. The SMILES string of the molecule is Cc1cc2ccc(C)c(C)c2nc1SCC(=O)c1ccc(Cl)cc1. The molecular formula is C20H18ClNOS. The Morgan fingerprint density at radius 1 is 1.04 bits per heavy atom. The summed E-state index contributed by atoms with van der Waals surface area (Å²) in [5.41, 5.74) is 5.21. The maximum absolute atomic E-state index is 12.3. The van der Waals surface area contributed by atoms with E-state index in [0.29, 0.717) is 16.3 Å². The van der Waals surface area contributed by atoms with Crippen LogP contribution < -0.4 is 0 Å². The normalized spacial score (nSPS) is 11.0. The smallest absolute Gasteiger partial charge is 0.173 e. The molecule has 0 saturated heterocycles. The van der Waals surface area contributed by atoms with Gasteiger partial charge in [-0.15, -0.1) is 0 Å². The Morgan fingerprint density at radius 2 is 1.75 bits per heavy atom. The van der Waals surface area contributed by atoms with Crippen molar-refractivity contribution in [3.05, 3.63) is 69.7 Å². The van der Waals surface area contributed by atoms with Crippen LogP contribution >= 0.6 is 23.4 Å². The number of fused-ring (bicyclic) bond motifs is 1. The highest BCUT2D eigenvalue weighted by Crippen LogP contribution is 2.28. The van der Waals surface area contributed by atoms with Crippen molar-refractivity contribution in [2.75, 3.05) is 5.75 Å². The standard InChI is InChI=1S/C20H18ClNOS/c1-12-4-5-16-10-13(2)20(22-19(16)14(12)3)24-11-18(23)15-6-8-17(21)9-7-15/h4-10H,11H2,1-3H3. The van der Waals surface area contributed by atoms with E-state index in [4.69, 9.17) is 16.6 Å². The van der Waals surface area contributed by atoms with Crippen molar-refractivity contribution < 1.29 is 4.79 Å². The van der Waals surface area contributed by atoms with Crippen molar-refractivity contribution >= 4 is 40.0 Å². The van der Waals surface area contributed by atoms with Crippen molar-refractivity contribution in [1.82, 2.24) is 4.98 Å². The molecule has 0 radical (unpaired) electrons. The van der Waals surface area contributed by atoms with Gasteiger partial charge in [0.15, 0.2) is 5.78 Å². The van der Waals surface area contributed by atoms with Gasteiger partial charge in [0.1, 0.15) is 5.03 Å². The van der Waals surface area contributed by atoms with Crippen LogP contribution in [0.1, 0.15) is 27.0 Å². The Hall–Kier alpha value is -1.84. The molecule has 0 aliphatic heterocycles. The summed E-state index contributed by atoms with van der Waals surface area (Å²) < 4.78 is 0. The van der Waals surface area contributed by atoms with Crippen LogP contribution in [0.3, 0.4) is 0 Å². The fourth-order valence-corrected chi connectivity index (χ4v) is 3.57. The van der Waals surface area contributed by atoms with Crippen molar-refractivity contribution in [1.29, 1.82) is 0 Å². The van der Waals surface area contributed by atoms with E-state index in [2.05, 4.69) is 32.0 Å². The number of nitrogens with zero attached hydrogens (tertiary/aromatic N) is 1. The van der Waals surface area contributed by atoms with Crippen molar-refractivity contribution in [2.24, 2.45) is 0 Å². The molecule has 0 fully saturated rings. The number of carbonyl (C=O) groups is 1. The van der Waals surface area contributed by atoms with Crippen LogP contribution in [0.5, 0.6) is 0 Å². The van der Waals surface area contributed by atoms with Crippen molar-refractivity contribution in [3.8, 4) is 0 Å². The number of hydrogen-bond donors (Lipinski definition) is 0. The van der Waals surface area contributed by atoms with Crippen molar-refractivity contribution in [2.45, 2.75) is 25.8 Å². The molecule has 0 atom stereocenters. The first-order valence-corrected chi connectivity index (χ1v) is 9.11. The average Bonchev–Trinajstić information content (AvgIpc) is 2.57. The van der Waals surface area contributed by atoms with Gasteiger partial charge in [-0.05, 0) is 67.8 Å². The van der Waals surface area contributed by atoms with Gasteiger partial charge in [0.25, 0.3) is 0 Å². The van der Waals surface area contributed by atoms with Gasteiger partial charge in [-0.25, -0.2) is 4.98 Å². The molecule has 2 aromatic carbocycles.